The van der Waals surface area contributed by atoms with Crippen molar-refractivity contribution in [3.05, 3.63) is 0 Å². The van der Waals surface area contributed by atoms with Crippen molar-refractivity contribution < 1.29 is 4.74 Å². The molecule has 0 radical (unpaired) electrons. The van der Waals surface area contributed by atoms with Crippen molar-refractivity contribution >= 4 is 17.3 Å². The summed E-state index contributed by atoms with van der Waals surface area (Å²) in [7, 11) is 0. The summed E-state index contributed by atoms with van der Waals surface area (Å²) in [4.78, 5) is 0. The summed E-state index contributed by atoms with van der Waals surface area (Å²) in [5.41, 5.74) is 0.285. The van der Waals surface area contributed by atoms with E-state index in [0.717, 1.165) is 37.5 Å². The zero-order valence-electron chi connectivity index (χ0n) is 13.2. The largest absolute Gasteiger partial charge is 0.376 e. The summed E-state index contributed by atoms with van der Waals surface area (Å²) < 4.78 is 5.60. The first kappa shape index (κ1) is 16.0. The van der Waals surface area contributed by atoms with Crippen LogP contribution >= 0.6 is 12.2 Å². The van der Waals surface area contributed by atoms with Crippen LogP contribution in [0.2, 0.25) is 0 Å². The molecule has 0 amide bonds. The monoisotopic (exact) mass is 299 g/mol. The molecule has 2 aliphatic rings. The van der Waals surface area contributed by atoms with Gasteiger partial charge in [-0.05, 0) is 65.6 Å². The van der Waals surface area contributed by atoms with Crippen LogP contribution in [0.15, 0.2) is 0 Å². The number of rotatable bonds is 3. The highest BCUT2D eigenvalue weighted by Crippen LogP contribution is 2.28. The maximum absolute atomic E-state index is 5.60. The van der Waals surface area contributed by atoms with E-state index in [1.54, 1.807) is 0 Å². The highest BCUT2D eigenvalue weighted by Gasteiger charge is 2.37. The quantitative estimate of drug-likeness (QED) is 0.695. The fraction of sp³-hybridized carbons (Fsp3) is 0.933. The zero-order valence-corrected chi connectivity index (χ0v) is 14.0. The average molecular weight is 299 g/mol. The Morgan fingerprint density at radius 1 is 1.25 bits per heavy atom. The molecule has 3 N–H and O–H groups in total. The molecule has 0 saturated carbocycles. The maximum atomic E-state index is 5.60. The van der Waals surface area contributed by atoms with Crippen molar-refractivity contribution in [2.24, 2.45) is 0 Å². The minimum Gasteiger partial charge on any atom is -0.376 e. The molecule has 0 aliphatic carbocycles. The van der Waals surface area contributed by atoms with Gasteiger partial charge < -0.3 is 20.7 Å². The average Bonchev–Trinajstić information content (AvgIpc) is 2.74. The first-order valence-electron chi connectivity index (χ1n) is 7.71. The lowest BCUT2D eigenvalue weighted by atomic mass is 9.80. The van der Waals surface area contributed by atoms with E-state index in [4.69, 9.17) is 17.0 Å². The maximum Gasteiger partial charge on any atom is 0.166 e. The van der Waals surface area contributed by atoms with Crippen LogP contribution in [-0.4, -0.2) is 41.5 Å². The van der Waals surface area contributed by atoms with E-state index in [1.807, 2.05) is 0 Å². The third-order valence-corrected chi connectivity index (χ3v) is 4.30. The minimum absolute atomic E-state index is 0.142. The fourth-order valence-electron chi connectivity index (χ4n) is 3.67. The van der Waals surface area contributed by atoms with Gasteiger partial charge >= 0.3 is 0 Å². The van der Waals surface area contributed by atoms with Gasteiger partial charge in [-0.2, -0.15) is 0 Å². The second-order valence-electron chi connectivity index (χ2n) is 7.49. The Balaban J connectivity index is 1.78. The lowest BCUT2D eigenvalue weighted by Crippen LogP contribution is -2.62. The summed E-state index contributed by atoms with van der Waals surface area (Å²) in [6, 6.07) is 0.422. The van der Waals surface area contributed by atoms with Gasteiger partial charge in [0, 0.05) is 30.3 Å². The normalized spacial score (nSPS) is 29.1. The van der Waals surface area contributed by atoms with Crippen LogP contribution < -0.4 is 16.0 Å². The van der Waals surface area contributed by atoms with E-state index >= 15 is 0 Å². The molecule has 2 rings (SSSR count). The second-order valence-corrected chi connectivity index (χ2v) is 7.90. The Morgan fingerprint density at radius 2 is 1.90 bits per heavy atom. The van der Waals surface area contributed by atoms with Crippen LogP contribution in [0.3, 0.4) is 0 Å². The Morgan fingerprint density at radius 3 is 2.45 bits per heavy atom. The van der Waals surface area contributed by atoms with Crippen molar-refractivity contribution in [2.45, 2.75) is 76.6 Å². The van der Waals surface area contributed by atoms with Gasteiger partial charge in [-0.3, -0.25) is 0 Å². The number of hydrogen-bond donors (Lipinski definition) is 3. The first-order valence-corrected chi connectivity index (χ1v) is 8.12. The van der Waals surface area contributed by atoms with Gasteiger partial charge in [0.25, 0.3) is 0 Å². The SMILES string of the molecule is CC1(C)CC(NC(=S)NC[C@@H]2CCCO2)CC(C)(C)N1. The standard InChI is InChI=1S/C15H29N3OS/c1-14(2)8-11(9-15(3,4)18-14)17-13(20)16-10-12-6-5-7-19-12/h11-12,18H,5-10H2,1-4H3,(H2,16,17,20)/t12-/m0/s1. The molecule has 4 nitrogen and oxygen atoms in total. The van der Waals surface area contributed by atoms with Crippen molar-refractivity contribution in [2.75, 3.05) is 13.2 Å². The van der Waals surface area contributed by atoms with Crippen LogP contribution in [-0.2, 0) is 4.74 Å². The second kappa shape index (κ2) is 6.16. The van der Waals surface area contributed by atoms with Crippen LogP contribution in [0.4, 0.5) is 0 Å². The van der Waals surface area contributed by atoms with Gasteiger partial charge in [0.1, 0.15) is 0 Å². The minimum atomic E-state index is 0.142. The van der Waals surface area contributed by atoms with Gasteiger partial charge in [0.2, 0.25) is 0 Å². The molecule has 0 bridgehead atoms. The topological polar surface area (TPSA) is 45.3 Å². The molecule has 1 atom stereocenters. The summed E-state index contributed by atoms with van der Waals surface area (Å²) in [5, 5.41) is 11.2. The Kier molecular flexibility index (Phi) is 4.92. The van der Waals surface area contributed by atoms with Crippen LogP contribution in [0, 0.1) is 0 Å². The molecule has 2 saturated heterocycles. The van der Waals surface area contributed by atoms with Gasteiger partial charge in [-0.15, -0.1) is 0 Å². The number of ether oxygens (including phenoxy) is 1. The smallest absolute Gasteiger partial charge is 0.166 e. The number of hydrogen-bond acceptors (Lipinski definition) is 3. The highest BCUT2D eigenvalue weighted by molar-refractivity contribution is 7.80. The predicted octanol–water partition coefficient (Wildman–Crippen LogP) is 1.94. The third-order valence-electron chi connectivity index (χ3n) is 4.04. The lowest BCUT2D eigenvalue weighted by Gasteiger charge is -2.46. The molecule has 0 aromatic rings. The molecule has 0 aromatic carbocycles. The van der Waals surface area contributed by atoms with Gasteiger partial charge in [0.15, 0.2) is 5.11 Å². The van der Waals surface area contributed by atoms with E-state index < -0.39 is 0 Å². The summed E-state index contributed by atoms with van der Waals surface area (Å²) in [6.07, 6.45) is 4.80. The summed E-state index contributed by atoms with van der Waals surface area (Å²) >= 11 is 5.42. The summed E-state index contributed by atoms with van der Waals surface area (Å²) in [6.45, 7) is 10.7. The molecular weight excluding hydrogens is 270 g/mol. The van der Waals surface area contributed by atoms with Crippen molar-refractivity contribution in [3.63, 3.8) is 0 Å². The predicted molar refractivity (Wildman–Crippen MR) is 87.0 cm³/mol. The Hall–Kier alpha value is -0.390. The van der Waals surface area contributed by atoms with Crippen molar-refractivity contribution in [3.8, 4) is 0 Å². The van der Waals surface area contributed by atoms with Gasteiger partial charge in [0.05, 0.1) is 6.10 Å². The van der Waals surface area contributed by atoms with Crippen LogP contribution in [0.1, 0.15) is 53.4 Å². The van der Waals surface area contributed by atoms with Crippen molar-refractivity contribution in [1.29, 1.82) is 0 Å². The molecule has 5 heteroatoms. The molecule has 0 unspecified atom stereocenters. The van der Waals surface area contributed by atoms with Crippen molar-refractivity contribution in [1.82, 2.24) is 16.0 Å². The number of piperidine rings is 1. The lowest BCUT2D eigenvalue weighted by molar-refractivity contribution is 0.113. The zero-order chi connectivity index (χ0) is 14.8. The molecule has 116 valence electrons. The highest BCUT2D eigenvalue weighted by atomic mass is 32.1. The molecule has 0 spiro atoms. The van der Waals surface area contributed by atoms with E-state index in [9.17, 15) is 0 Å². The molecular formula is C15H29N3OS. The molecule has 20 heavy (non-hydrogen) atoms. The Bertz CT molecular complexity index is 335. The van der Waals surface area contributed by atoms with Gasteiger partial charge in [-0.1, -0.05) is 0 Å². The fourth-order valence-corrected chi connectivity index (χ4v) is 3.92. The van der Waals surface area contributed by atoms with E-state index in [0.29, 0.717) is 12.1 Å². The van der Waals surface area contributed by atoms with Crippen LogP contribution in [0.5, 0.6) is 0 Å². The third kappa shape index (κ3) is 4.86. The Labute approximate surface area is 128 Å². The number of thiocarbonyl (C=S) groups is 1. The molecule has 2 aliphatic heterocycles. The van der Waals surface area contributed by atoms with Gasteiger partial charge in [-0.25, -0.2) is 0 Å². The van der Waals surface area contributed by atoms with E-state index in [2.05, 4.69) is 43.6 Å². The summed E-state index contributed by atoms with van der Waals surface area (Å²) in [5.74, 6) is 0. The molecule has 0 aromatic heterocycles. The van der Waals surface area contributed by atoms with E-state index in [1.165, 1.54) is 6.42 Å². The molecule has 2 heterocycles. The van der Waals surface area contributed by atoms with Crippen LogP contribution in [0.25, 0.3) is 0 Å². The van der Waals surface area contributed by atoms with E-state index in [-0.39, 0.29) is 11.1 Å². The first-order chi connectivity index (χ1) is 9.26. The molecule has 2 fully saturated rings. The number of nitrogens with one attached hydrogen (secondary N) is 3.